The number of hydrogen-bond donors (Lipinski definition) is 1. The van der Waals surface area contributed by atoms with Crippen LogP contribution in [0.3, 0.4) is 0 Å². The van der Waals surface area contributed by atoms with Gasteiger partial charge in [0.2, 0.25) is 5.28 Å². The van der Waals surface area contributed by atoms with Crippen LogP contribution in [0.25, 0.3) is 11.2 Å². The Hall–Kier alpha value is -2.92. The third kappa shape index (κ3) is 2.94. The number of fused-ring (bicyclic) bond motifs is 1. The predicted molar refractivity (Wildman–Crippen MR) is 95.6 cm³/mol. The Labute approximate surface area is 144 Å². The summed E-state index contributed by atoms with van der Waals surface area (Å²) in [4.78, 5) is 13.1. The normalized spacial score (nSPS) is 10.9. The van der Waals surface area contributed by atoms with Crippen LogP contribution in [-0.4, -0.2) is 19.5 Å². The molecule has 0 saturated heterocycles. The quantitative estimate of drug-likeness (QED) is 0.566. The van der Waals surface area contributed by atoms with Crippen LogP contribution in [0.5, 0.6) is 0 Å². The molecule has 0 bridgehead atoms. The molecule has 5 nitrogen and oxygen atoms in total. The molecule has 0 fully saturated rings. The highest BCUT2D eigenvalue weighted by Crippen LogP contribution is 2.24. The van der Waals surface area contributed by atoms with Gasteiger partial charge >= 0.3 is 0 Å². The average Bonchev–Trinajstić information content (AvgIpc) is 3.00. The zero-order valence-electron chi connectivity index (χ0n) is 12.7. The number of rotatable bonds is 4. The molecule has 4 rings (SSSR count). The second kappa shape index (κ2) is 6.29. The molecule has 4 aromatic rings. The molecule has 0 aliphatic carbocycles. The fourth-order valence-corrected chi connectivity index (χ4v) is 2.72. The van der Waals surface area contributed by atoms with Gasteiger partial charge in [-0.25, -0.2) is 4.98 Å². The third-order valence-corrected chi connectivity index (χ3v) is 3.84. The van der Waals surface area contributed by atoms with Gasteiger partial charge in [-0.3, -0.25) is 0 Å². The van der Waals surface area contributed by atoms with E-state index in [1.807, 2.05) is 53.1 Å². The highest BCUT2D eigenvalue weighted by atomic mass is 35.5. The summed E-state index contributed by atoms with van der Waals surface area (Å²) in [5, 5.41) is 3.44. The number of hydrogen-bond acceptors (Lipinski definition) is 4. The first kappa shape index (κ1) is 14.7. The topological polar surface area (TPSA) is 55.6 Å². The van der Waals surface area contributed by atoms with Crippen LogP contribution in [0, 0.1) is 0 Å². The fraction of sp³-hybridized carbons (Fsp3) is 0.0556. The second-order valence-electron chi connectivity index (χ2n) is 5.36. The number of nitrogens with zero attached hydrogens (tertiary/aromatic N) is 4. The maximum absolute atomic E-state index is 6.12. The zero-order chi connectivity index (χ0) is 16.4. The summed E-state index contributed by atoms with van der Waals surface area (Å²) < 4.78 is 1.97. The number of imidazole rings is 1. The van der Waals surface area contributed by atoms with Crippen LogP contribution in [0.4, 0.5) is 11.5 Å². The van der Waals surface area contributed by atoms with E-state index in [9.17, 15) is 0 Å². The van der Waals surface area contributed by atoms with Gasteiger partial charge in [0, 0.05) is 5.69 Å². The minimum Gasteiger partial charge on any atom is -0.338 e. The molecule has 2 aromatic carbocycles. The van der Waals surface area contributed by atoms with E-state index in [1.165, 1.54) is 5.56 Å². The number of aromatic nitrogens is 4. The van der Waals surface area contributed by atoms with Gasteiger partial charge in [0.05, 0.1) is 12.9 Å². The van der Waals surface area contributed by atoms with E-state index in [4.69, 9.17) is 11.6 Å². The van der Waals surface area contributed by atoms with Crippen LogP contribution in [0.2, 0.25) is 5.28 Å². The standard InChI is InChI=1S/C18H14ClN5/c19-18-22-16(21-14-9-5-2-6-10-14)15-17(23-18)24(12-20-15)11-13-7-3-1-4-8-13/h1-10,12H,11H2,(H,21,22,23). The van der Waals surface area contributed by atoms with E-state index in [0.717, 1.165) is 5.69 Å². The Morgan fingerprint density at radius 3 is 2.38 bits per heavy atom. The van der Waals surface area contributed by atoms with Crippen molar-refractivity contribution in [3.05, 3.63) is 77.8 Å². The number of anilines is 2. The number of para-hydroxylation sites is 1. The fourth-order valence-electron chi connectivity index (χ4n) is 2.56. The van der Waals surface area contributed by atoms with Gasteiger partial charge < -0.3 is 9.88 Å². The number of halogens is 1. The van der Waals surface area contributed by atoms with Gasteiger partial charge in [-0.2, -0.15) is 9.97 Å². The van der Waals surface area contributed by atoms with Crippen molar-refractivity contribution >= 4 is 34.3 Å². The Morgan fingerprint density at radius 1 is 0.917 bits per heavy atom. The van der Waals surface area contributed by atoms with Crippen molar-refractivity contribution < 1.29 is 0 Å². The number of nitrogens with one attached hydrogen (secondary N) is 1. The lowest BCUT2D eigenvalue weighted by Crippen LogP contribution is -2.01. The molecular weight excluding hydrogens is 322 g/mol. The van der Waals surface area contributed by atoms with E-state index in [0.29, 0.717) is 23.5 Å². The smallest absolute Gasteiger partial charge is 0.226 e. The van der Waals surface area contributed by atoms with Crippen molar-refractivity contribution in [1.82, 2.24) is 19.5 Å². The first-order chi connectivity index (χ1) is 11.8. The van der Waals surface area contributed by atoms with Gasteiger partial charge in [-0.15, -0.1) is 0 Å². The maximum atomic E-state index is 6.12. The zero-order valence-corrected chi connectivity index (χ0v) is 13.5. The second-order valence-corrected chi connectivity index (χ2v) is 5.70. The molecule has 0 aliphatic heterocycles. The van der Waals surface area contributed by atoms with E-state index in [2.05, 4.69) is 32.4 Å². The maximum Gasteiger partial charge on any atom is 0.226 e. The van der Waals surface area contributed by atoms with Gasteiger partial charge in [-0.05, 0) is 29.3 Å². The highest BCUT2D eigenvalue weighted by Gasteiger charge is 2.13. The summed E-state index contributed by atoms with van der Waals surface area (Å²) in [5.41, 5.74) is 3.49. The molecule has 2 aromatic heterocycles. The Kier molecular flexibility index (Phi) is 3.84. The molecule has 0 atom stereocenters. The van der Waals surface area contributed by atoms with Crippen LogP contribution >= 0.6 is 11.6 Å². The Balaban J connectivity index is 1.74. The molecule has 0 amide bonds. The molecule has 0 unspecified atom stereocenters. The predicted octanol–water partition coefficient (Wildman–Crippen LogP) is 4.27. The molecule has 0 spiro atoms. The molecule has 0 radical (unpaired) electrons. The van der Waals surface area contributed by atoms with E-state index < -0.39 is 0 Å². The summed E-state index contributed by atoms with van der Waals surface area (Å²) in [7, 11) is 0. The molecular formula is C18H14ClN5. The summed E-state index contributed by atoms with van der Waals surface area (Å²) in [6.45, 7) is 0.676. The van der Waals surface area contributed by atoms with Crippen LogP contribution in [0.1, 0.15) is 5.56 Å². The monoisotopic (exact) mass is 335 g/mol. The lowest BCUT2D eigenvalue weighted by molar-refractivity contribution is 0.813. The molecule has 24 heavy (non-hydrogen) atoms. The van der Waals surface area contributed by atoms with E-state index >= 15 is 0 Å². The summed E-state index contributed by atoms with van der Waals surface area (Å²) in [6.07, 6.45) is 1.76. The molecule has 6 heteroatoms. The number of benzene rings is 2. The molecule has 2 heterocycles. The van der Waals surface area contributed by atoms with Gasteiger partial charge in [0.15, 0.2) is 17.0 Å². The Morgan fingerprint density at radius 2 is 1.62 bits per heavy atom. The van der Waals surface area contributed by atoms with Crippen LogP contribution < -0.4 is 5.32 Å². The van der Waals surface area contributed by atoms with Crippen molar-refractivity contribution in [1.29, 1.82) is 0 Å². The van der Waals surface area contributed by atoms with Crippen molar-refractivity contribution in [3.63, 3.8) is 0 Å². The lowest BCUT2D eigenvalue weighted by atomic mass is 10.2. The minimum atomic E-state index is 0.191. The molecule has 0 aliphatic rings. The minimum absolute atomic E-state index is 0.191. The molecule has 1 N–H and O–H groups in total. The highest BCUT2D eigenvalue weighted by molar-refractivity contribution is 6.28. The van der Waals surface area contributed by atoms with E-state index in [1.54, 1.807) is 6.33 Å². The SMILES string of the molecule is Clc1nc(Nc2ccccc2)c2ncn(Cc3ccccc3)c2n1. The van der Waals surface area contributed by atoms with Gasteiger partial charge in [-0.1, -0.05) is 48.5 Å². The average molecular weight is 336 g/mol. The molecule has 0 saturated carbocycles. The molecule has 118 valence electrons. The van der Waals surface area contributed by atoms with Crippen molar-refractivity contribution in [2.45, 2.75) is 6.54 Å². The summed E-state index contributed by atoms with van der Waals surface area (Å²) >= 11 is 6.12. The largest absolute Gasteiger partial charge is 0.338 e. The van der Waals surface area contributed by atoms with E-state index in [-0.39, 0.29) is 5.28 Å². The van der Waals surface area contributed by atoms with Crippen LogP contribution in [0.15, 0.2) is 67.0 Å². The van der Waals surface area contributed by atoms with Gasteiger partial charge in [0.1, 0.15) is 0 Å². The van der Waals surface area contributed by atoms with Crippen molar-refractivity contribution in [2.75, 3.05) is 5.32 Å². The van der Waals surface area contributed by atoms with Crippen LogP contribution in [-0.2, 0) is 6.54 Å². The third-order valence-electron chi connectivity index (χ3n) is 3.67. The summed E-state index contributed by atoms with van der Waals surface area (Å²) in [6, 6.07) is 19.9. The lowest BCUT2D eigenvalue weighted by Gasteiger charge is -2.07. The first-order valence-electron chi connectivity index (χ1n) is 7.54. The Bertz CT molecular complexity index is 967. The van der Waals surface area contributed by atoms with Crippen molar-refractivity contribution in [3.8, 4) is 0 Å². The first-order valence-corrected chi connectivity index (χ1v) is 7.92. The van der Waals surface area contributed by atoms with Gasteiger partial charge in [0.25, 0.3) is 0 Å². The van der Waals surface area contributed by atoms with Crippen molar-refractivity contribution in [2.24, 2.45) is 0 Å². The summed E-state index contributed by atoms with van der Waals surface area (Å²) in [5.74, 6) is 0.600.